The van der Waals surface area contributed by atoms with Crippen molar-refractivity contribution >= 4 is 11.1 Å². The van der Waals surface area contributed by atoms with Gasteiger partial charge in [0, 0.05) is 0 Å². The van der Waals surface area contributed by atoms with Crippen LogP contribution in [0.25, 0.3) is 0 Å². The fourth-order valence-electron chi connectivity index (χ4n) is 0.914. The van der Waals surface area contributed by atoms with E-state index in [4.69, 9.17) is 10.3 Å². The Morgan fingerprint density at radius 1 is 1.67 bits per heavy atom. The Hall–Kier alpha value is 0.0700. The minimum atomic E-state index is -1.64. The van der Waals surface area contributed by atoms with Gasteiger partial charge in [-0.3, -0.25) is 0 Å². The maximum atomic E-state index is 10.5. The van der Waals surface area contributed by atoms with E-state index in [0.29, 0.717) is 13.0 Å². The zero-order chi connectivity index (χ0) is 6.91. The predicted octanol–water partition coefficient (Wildman–Crippen LogP) is 0.0895. The van der Waals surface area contributed by atoms with E-state index < -0.39 is 11.1 Å². The highest BCUT2D eigenvalue weighted by Gasteiger charge is 2.47. The minimum absolute atomic E-state index is 0.297. The molecule has 1 atom stereocenters. The first-order valence-corrected chi connectivity index (χ1v) is 4.13. The molecule has 1 rings (SSSR count). The quantitative estimate of drug-likeness (QED) is 0.559. The third-order valence-corrected chi connectivity index (χ3v) is 3.13. The zero-order valence-electron chi connectivity index (χ0n) is 5.17. The van der Waals surface area contributed by atoms with Crippen LogP contribution >= 0.6 is 0 Å². The fraction of sp³-hybridized carbons (Fsp3) is 1.00. The Kier molecular flexibility index (Phi) is 1.88. The molecule has 1 fully saturated rings. The van der Waals surface area contributed by atoms with E-state index in [1.54, 1.807) is 0 Å². The molecule has 0 bridgehead atoms. The average Bonchev–Trinajstić information content (AvgIpc) is 2.49. The highest BCUT2D eigenvalue weighted by atomic mass is 32.2. The Labute approximate surface area is 56.9 Å². The van der Waals surface area contributed by atoms with Crippen LogP contribution in [0.4, 0.5) is 0 Å². The lowest BCUT2D eigenvalue weighted by atomic mass is 10.3. The second-order valence-electron chi connectivity index (χ2n) is 2.47. The molecular formula is C5H11NO2S. The Bertz CT molecular complexity index is 133. The first-order valence-electron chi connectivity index (χ1n) is 3.02. The molecule has 1 unspecified atom stereocenters. The van der Waals surface area contributed by atoms with Gasteiger partial charge in [0.15, 0.2) is 11.1 Å². The largest absolute Gasteiger partial charge is 0.330 e. The molecular weight excluding hydrogens is 138 g/mol. The van der Waals surface area contributed by atoms with Crippen molar-refractivity contribution in [3.63, 3.8) is 0 Å². The van der Waals surface area contributed by atoms with Crippen LogP contribution in [-0.4, -0.2) is 20.1 Å². The number of nitrogens with two attached hydrogens (primary N) is 1. The second kappa shape index (κ2) is 2.36. The van der Waals surface area contributed by atoms with E-state index in [1.165, 1.54) is 0 Å². The first kappa shape index (κ1) is 7.18. The van der Waals surface area contributed by atoms with Crippen LogP contribution in [0.15, 0.2) is 0 Å². The van der Waals surface area contributed by atoms with Crippen LogP contribution in [0.2, 0.25) is 0 Å². The summed E-state index contributed by atoms with van der Waals surface area (Å²) in [5.74, 6) is 0. The van der Waals surface area contributed by atoms with Gasteiger partial charge in [-0.05, 0) is 25.8 Å². The number of hydrogen-bond donors (Lipinski definition) is 2. The fourth-order valence-corrected chi connectivity index (χ4v) is 1.66. The zero-order valence-corrected chi connectivity index (χ0v) is 5.99. The Balaban J connectivity index is 2.43. The molecule has 3 nitrogen and oxygen atoms in total. The van der Waals surface area contributed by atoms with Gasteiger partial charge in [-0.2, -0.15) is 0 Å². The van der Waals surface area contributed by atoms with Crippen molar-refractivity contribution in [2.75, 3.05) is 6.54 Å². The first-order chi connectivity index (χ1) is 4.21. The normalized spacial score (nSPS) is 25.6. The molecule has 0 radical (unpaired) electrons. The lowest BCUT2D eigenvalue weighted by molar-refractivity contribution is 0.537. The van der Waals surface area contributed by atoms with Crippen LogP contribution in [0.1, 0.15) is 19.3 Å². The minimum Gasteiger partial charge on any atom is -0.330 e. The highest BCUT2D eigenvalue weighted by Crippen LogP contribution is 2.43. The average molecular weight is 149 g/mol. The summed E-state index contributed by atoms with van der Waals surface area (Å²) in [6, 6.07) is 0. The summed E-state index contributed by atoms with van der Waals surface area (Å²) in [6.07, 6.45) is 2.43. The van der Waals surface area contributed by atoms with Gasteiger partial charge in [-0.1, -0.05) is 0 Å². The maximum absolute atomic E-state index is 10.5. The lowest BCUT2D eigenvalue weighted by Gasteiger charge is -2.06. The molecule has 4 heteroatoms. The summed E-state index contributed by atoms with van der Waals surface area (Å²) in [7, 11) is 0. The van der Waals surface area contributed by atoms with Gasteiger partial charge in [0.2, 0.25) is 0 Å². The summed E-state index contributed by atoms with van der Waals surface area (Å²) < 4.78 is 18.9. The van der Waals surface area contributed by atoms with E-state index in [-0.39, 0.29) is 4.75 Å². The Morgan fingerprint density at radius 2 is 2.22 bits per heavy atom. The molecule has 0 saturated heterocycles. The van der Waals surface area contributed by atoms with Crippen molar-refractivity contribution in [2.24, 2.45) is 5.73 Å². The van der Waals surface area contributed by atoms with E-state index in [9.17, 15) is 4.21 Å². The molecule has 1 aliphatic carbocycles. The topological polar surface area (TPSA) is 63.3 Å². The van der Waals surface area contributed by atoms with E-state index in [2.05, 4.69) is 0 Å². The van der Waals surface area contributed by atoms with Crippen molar-refractivity contribution in [2.45, 2.75) is 24.0 Å². The molecule has 0 amide bonds. The predicted molar refractivity (Wildman–Crippen MR) is 36.4 cm³/mol. The Morgan fingerprint density at radius 3 is 2.33 bits per heavy atom. The van der Waals surface area contributed by atoms with Gasteiger partial charge < -0.3 is 10.3 Å². The molecule has 1 aliphatic rings. The van der Waals surface area contributed by atoms with Gasteiger partial charge in [-0.25, -0.2) is 4.21 Å². The van der Waals surface area contributed by atoms with Crippen molar-refractivity contribution < 1.29 is 8.76 Å². The molecule has 0 aromatic heterocycles. The summed E-state index contributed by atoms with van der Waals surface area (Å²) in [4.78, 5) is 0. The number of hydrogen-bond acceptors (Lipinski definition) is 2. The van der Waals surface area contributed by atoms with Crippen LogP contribution < -0.4 is 5.73 Å². The third-order valence-electron chi connectivity index (χ3n) is 1.78. The van der Waals surface area contributed by atoms with Crippen molar-refractivity contribution in [1.82, 2.24) is 0 Å². The van der Waals surface area contributed by atoms with Gasteiger partial charge in [-0.15, -0.1) is 0 Å². The SMILES string of the molecule is NCCC1(S(=O)O)CC1. The molecule has 0 aliphatic heterocycles. The molecule has 0 aromatic carbocycles. The van der Waals surface area contributed by atoms with Crippen molar-refractivity contribution in [1.29, 1.82) is 0 Å². The molecule has 1 saturated carbocycles. The molecule has 0 heterocycles. The smallest absolute Gasteiger partial charge is 0.159 e. The molecule has 0 spiro atoms. The summed E-state index contributed by atoms with van der Waals surface area (Å²) >= 11 is -1.64. The van der Waals surface area contributed by atoms with Gasteiger partial charge in [0.25, 0.3) is 0 Å². The van der Waals surface area contributed by atoms with Crippen LogP contribution in [-0.2, 0) is 11.1 Å². The van der Waals surface area contributed by atoms with Gasteiger partial charge >= 0.3 is 0 Å². The van der Waals surface area contributed by atoms with Crippen LogP contribution in [0, 0.1) is 0 Å². The third kappa shape index (κ3) is 1.31. The van der Waals surface area contributed by atoms with Crippen molar-refractivity contribution in [3.8, 4) is 0 Å². The van der Waals surface area contributed by atoms with Crippen LogP contribution in [0.3, 0.4) is 0 Å². The summed E-state index contributed by atoms with van der Waals surface area (Å²) in [6.45, 7) is 0.520. The standard InChI is InChI=1S/C5H11NO2S/c6-4-3-5(1-2-5)9(7)8/h1-4,6H2,(H,7,8). The monoisotopic (exact) mass is 149 g/mol. The second-order valence-corrected chi connectivity index (χ2v) is 3.84. The maximum Gasteiger partial charge on any atom is 0.159 e. The van der Waals surface area contributed by atoms with E-state index in [0.717, 1.165) is 12.8 Å². The highest BCUT2D eigenvalue weighted by molar-refractivity contribution is 7.81. The molecule has 3 N–H and O–H groups in total. The van der Waals surface area contributed by atoms with E-state index in [1.807, 2.05) is 0 Å². The summed E-state index contributed by atoms with van der Waals surface area (Å²) in [5.41, 5.74) is 5.25. The van der Waals surface area contributed by atoms with Crippen LogP contribution in [0.5, 0.6) is 0 Å². The van der Waals surface area contributed by atoms with E-state index >= 15 is 0 Å². The summed E-state index contributed by atoms with van der Waals surface area (Å²) in [5, 5.41) is 0. The van der Waals surface area contributed by atoms with Gasteiger partial charge in [0.1, 0.15) is 0 Å². The molecule has 0 aromatic rings. The van der Waals surface area contributed by atoms with Gasteiger partial charge in [0.05, 0.1) is 4.75 Å². The molecule has 54 valence electrons. The molecule has 9 heavy (non-hydrogen) atoms. The number of rotatable bonds is 3. The lowest BCUT2D eigenvalue weighted by Crippen LogP contribution is -2.20. The van der Waals surface area contributed by atoms with Crippen molar-refractivity contribution in [3.05, 3.63) is 0 Å².